The highest BCUT2D eigenvalue weighted by molar-refractivity contribution is 7.25. The Morgan fingerprint density at radius 3 is 1.95 bits per heavy atom. The molecular formula is C52H34N2S. The summed E-state index contributed by atoms with van der Waals surface area (Å²) in [6.45, 7) is 0. The Hall–Kier alpha value is -6.86. The Bertz CT molecular complexity index is 3120. The average Bonchev–Trinajstić information content (AvgIpc) is 3.80. The zero-order valence-electron chi connectivity index (χ0n) is 30.0. The highest BCUT2D eigenvalue weighted by atomic mass is 32.1. The van der Waals surface area contributed by atoms with Crippen LogP contribution in [0.1, 0.15) is 18.4 Å². The van der Waals surface area contributed by atoms with Crippen molar-refractivity contribution >= 4 is 81.0 Å². The van der Waals surface area contributed by atoms with Gasteiger partial charge in [-0.05, 0) is 66.3 Å². The fourth-order valence-electron chi connectivity index (χ4n) is 8.74. The predicted molar refractivity (Wildman–Crippen MR) is 235 cm³/mol. The summed E-state index contributed by atoms with van der Waals surface area (Å²) in [6, 6.07) is 68.5. The molecule has 55 heavy (non-hydrogen) atoms. The van der Waals surface area contributed by atoms with Crippen LogP contribution in [0.3, 0.4) is 0 Å². The topological polar surface area (TPSA) is 8.17 Å². The number of fused-ring (bicyclic) bond motifs is 7. The smallest absolute Gasteiger partial charge is 0.0543 e. The minimum Gasteiger partial charge on any atom is -0.313 e. The molecule has 2 nitrogen and oxygen atoms in total. The Kier molecular flexibility index (Phi) is 7.43. The maximum absolute atomic E-state index is 3.59. The number of hydrogen-bond acceptors (Lipinski definition) is 2. The fourth-order valence-corrected chi connectivity index (χ4v) is 9.84. The number of rotatable bonds is 6. The molecule has 2 heterocycles. The van der Waals surface area contributed by atoms with Gasteiger partial charge in [0.2, 0.25) is 0 Å². The van der Waals surface area contributed by atoms with Crippen molar-refractivity contribution in [3.05, 3.63) is 205 Å². The van der Waals surface area contributed by atoms with E-state index in [1.165, 1.54) is 81.0 Å². The molecule has 0 spiro atoms. The largest absolute Gasteiger partial charge is 0.313 e. The summed E-state index contributed by atoms with van der Waals surface area (Å²) in [5.41, 5.74) is 12.1. The Labute approximate surface area is 324 Å². The van der Waals surface area contributed by atoms with E-state index in [9.17, 15) is 0 Å². The van der Waals surface area contributed by atoms with Crippen LogP contribution in [-0.4, -0.2) is 4.57 Å². The monoisotopic (exact) mass is 718 g/mol. The molecular weight excluding hydrogens is 685 g/mol. The SMILES string of the molecule is c1cc2sc3ccccc3c2c(-c2ccccc2N(C2=CC=C(c3ccccc3-n3c4ccccc4c4ccccc43)CC2)c2cccc3ccccc23)c#1. The summed E-state index contributed by atoms with van der Waals surface area (Å²) < 4.78 is 4.96. The summed E-state index contributed by atoms with van der Waals surface area (Å²) in [6.07, 6.45) is 6.51. The number of nitrogens with zero attached hydrogens (tertiary/aromatic N) is 2. The van der Waals surface area contributed by atoms with Gasteiger partial charge in [0, 0.05) is 64.8 Å². The van der Waals surface area contributed by atoms with E-state index in [-0.39, 0.29) is 0 Å². The van der Waals surface area contributed by atoms with Gasteiger partial charge in [-0.25, -0.2) is 0 Å². The van der Waals surface area contributed by atoms with Crippen LogP contribution in [0.4, 0.5) is 11.4 Å². The van der Waals surface area contributed by atoms with Gasteiger partial charge in [0.15, 0.2) is 0 Å². The highest BCUT2D eigenvalue weighted by Crippen LogP contribution is 2.47. The summed E-state index contributed by atoms with van der Waals surface area (Å²) >= 11 is 1.82. The van der Waals surface area contributed by atoms with Crippen molar-refractivity contribution < 1.29 is 0 Å². The first kappa shape index (κ1) is 31.6. The van der Waals surface area contributed by atoms with Crippen molar-refractivity contribution in [2.45, 2.75) is 12.8 Å². The van der Waals surface area contributed by atoms with E-state index in [1.54, 1.807) is 0 Å². The number of benzene rings is 7. The lowest BCUT2D eigenvalue weighted by atomic mass is 9.92. The molecule has 0 bridgehead atoms. The molecule has 0 atom stereocenters. The van der Waals surface area contributed by atoms with E-state index in [0.717, 1.165) is 29.7 Å². The van der Waals surface area contributed by atoms with Gasteiger partial charge in [0.05, 0.1) is 28.1 Å². The van der Waals surface area contributed by atoms with Crippen LogP contribution in [0, 0.1) is 12.1 Å². The molecule has 3 heteroatoms. The van der Waals surface area contributed by atoms with Gasteiger partial charge in [0.25, 0.3) is 0 Å². The van der Waals surface area contributed by atoms with E-state index >= 15 is 0 Å². The average molecular weight is 719 g/mol. The summed E-state index contributed by atoms with van der Waals surface area (Å²) in [7, 11) is 0. The van der Waals surface area contributed by atoms with Gasteiger partial charge < -0.3 is 9.47 Å². The summed E-state index contributed by atoms with van der Waals surface area (Å²) in [5.74, 6) is 0. The zero-order valence-corrected chi connectivity index (χ0v) is 30.9. The number of hydrogen-bond donors (Lipinski definition) is 0. The van der Waals surface area contributed by atoms with Crippen molar-refractivity contribution in [3.8, 4) is 16.8 Å². The second-order valence-corrected chi connectivity index (χ2v) is 15.3. The van der Waals surface area contributed by atoms with Gasteiger partial charge >= 0.3 is 0 Å². The lowest BCUT2D eigenvalue weighted by molar-refractivity contribution is 0.930. The van der Waals surface area contributed by atoms with E-state index in [2.05, 4.69) is 204 Å². The molecule has 1 aliphatic rings. The minimum atomic E-state index is 0.881. The number of thiophene rings is 1. The Balaban J connectivity index is 1.10. The van der Waals surface area contributed by atoms with Crippen molar-refractivity contribution in [1.29, 1.82) is 0 Å². The highest BCUT2D eigenvalue weighted by Gasteiger charge is 2.25. The Morgan fingerprint density at radius 1 is 0.509 bits per heavy atom. The molecule has 1 aliphatic carbocycles. The summed E-state index contributed by atoms with van der Waals surface area (Å²) in [4.78, 5) is 2.51. The van der Waals surface area contributed by atoms with Crippen molar-refractivity contribution in [2.24, 2.45) is 0 Å². The van der Waals surface area contributed by atoms with Gasteiger partial charge in [-0.3, -0.25) is 0 Å². The van der Waals surface area contributed by atoms with Crippen LogP contribution >= 0.6 is 11.3 Å². The van der Waals surface area contributed by atoms with Gasteiger partial charge in [0.1, 0.15) is 0 Å². The van der Waals surface area contributed by atoms with E-state index in [4.69, 9.17) is 0 Å². The number of para-hydroxylation sites is 4. The molecule has 2 aromatic heterocycles. The lowest BCUT2D eigenvalue weighted by Gasteiger charge is -2.32. The molecule has 0 N–H and O–H groups in total. The quantitative estimate of drug-likeness (QED) is 0.166. The first-order valence-corrected chi connectivity index (χ1v) is 19.7. The van der Waals surface area contributed by atoms with Gasteiger partial charge in [-0.2, -0.15) is 0 Å². The molecule has 258 valence electrons. The zero-order chi connectivity index (χ0) is 36.3. The third-order valence-electron chi connectivity index (χ3n) is 11.2. The maximum Gasteiger partial charge on any atom is 0.0543 e. The molecule has 0 fully saturated rings. The standard InChI is InChI=1S/C52H34N2S/c1-2-17-38-35(15-1)16-13-28-45(38)53(47-25-9-6-21-42(47)43-23-14-30-51-52(43)44-22-7-12-29-50(44)55-51)37-33-31-36(32-34-37)39-18-3-8-24-46(39)54-48-26-10-4-19-40(48)41-20-5-11-27-49(41)54/h1-13,15-22,24-31,33H,32,34H2. The third-order valence-corrected chi connectivity index (χ3v) is 12.3. The van der Waals surface area contributed by atoms with Gasteiger partial charge in [-0.1, -0.05) is 146 Å². The number of anilines is 2. The molecule has 0 saturated carbocycles. The van der Waals surface area contributed by atoms with Crippen molar-refractivity contribution in [1.82, 2.24) is 4.57 Å². The van der Waals surface area contributed by atoms with E-state index in [0.29, 0.717) is 0 Å². The first-order valence-electron chi connectivity index (χ1n) is 18.9. The molecule has 0 amide bonds. The maximum atomic E-state index is 3.59. The van der Waals surface area contributed by atoms with Crippen LogP contribution in [0.2, 0.25) is 0 Å². The molecule has 8 aromatic carbocycles. The minimum absolute atomic E-state index is 0.881. The Morgan fingerprint density at radius 2 is 1.15 bits per heavy atom. The molecule has 10 aromatic rings. The second kappa shape index (κ2) is 12.9. The van der Waals surface area contributed by atoms with Crippen LogP contribution in [0.25, 0.3) is 75.1 Å². The normalized spacial score (nSPS) is 13.0. The molecule has 0 radical (unpaired) electrons. The molecule has 0 aliphatic heterocycles. The van der Waals surface area contributed by atoms with Crippen molar-refractivity contribution in [2.75, 3.05) is 4.90 Å². The van der Waals surface area contributed by atoms with Crippen LogP contribution < -0.4 is 4.90 Å². The second-order valence-electron chi connectivity index (χ2n) is 14.2. The lowest BCUT2D eigenvalue weighted by Crippen LogP contribution is -2.19. The van der Waals surface area contributed by atoms with Crippen LogP contribution in [0.15, 0.2) is 188 Å². The fraction of sp³-hybridized carbons (Fsp3) is 0.0385. The number of aromatic nitrogens is 1. The first-order chi connectivity index (χ1) is 27.3. The van der Waals surface area contributed by atoms with Crippen LogP contribution in [-0.2, 0) is 0 Å². The predicted octanol–water partition coefficient (Wildman–Crippen LogP) is 14.5. The molecule has 0 saturated heterocycles. The van der Waals surface area contributed by atoms with E-state index < -0.39 is 0 Å². The third kappa shape index (κ3) is 5.11. The van der Waals surface area contributed by atoms with E-state index in [1.807, 2.05) is 11.3 Å². The van der Waals surface area contributed by atoms with Crippen LogP contribution in [0.5, 0.6) is 0 Å². The molecule has 11 rings (SSSR count). The number of allylic oxidation sites excluding steroid dienone is 4. The molecule has 0 unspecified atom stereocenters. The summed E-state index contributed by atoms with van der Waals surface area (Å²) in [5, 5.41) is 7.51. The van der Waals surface area contributed by atoms with Gasteiger partial charge in [-0.15, -0.1) is 11.3 Å². The van der Waals surface area contributed by atoms with Crippen molar-refractivity contribution in [3.63, 3.8) is 0 Å².